The molecule has 1 aliphatic carbocycles. The van der Waals surface area contributed by atoms with Gasteiger partial charge in [0.05, 0.1) is 6.54 Å². The Kier molecular flexibility index (Phi) is 3.34. The van der Waals surface area contributed by atoms with E-state index >= 15 is 0 Å². The molecule has 1 spiro atoms. The minimum absolute atomic E-state index is 0.0751. The second-order valence-electron chi connectivity index (χ2n) is 7.26. The molecule has 4 nitrogen and oxygen atoms in total. The van der Waals surface area contributed by atoms with E-state index in [1.165, 1.54) is 10.5 Å². The molecule has 6 heteroatoms. The molecular formula is C17H21F2N3O. The number of nitrogens with zero attached hydrogens (tertiary/aromatic N) is 1. The average Bonchev–Trinajstić information content (AvgIpc) is 2.91. The van der Waals surface area contributed by atoms with Gasteiger partial charge >= 0.3 is 6.03 Å². The van der Waals surface area contributed by atoms with Crippen molar-refractivity contribution in [1.82, 2.24) is 10.2 Å². The molecule has 23 heavy (non-hydrogen) atoms. The topological polar surface area (TPSA) is 44.4 Å². The molecule has 2 amide bonds. The lowest BCUT2D eigenvalue weighted by Crippen LogP contribution is -2.57. The van der Waals surface area contributed by atoms with Crippen molar-refractivity contribution >= 4 is 11.7 Å². The van der Waals surface area contributed by atoms with Crippen molar-refractivity contribution in [1.29, 1.82) is 0 Å². The minimum Gasteiger partial charge on any atom is -0.318 e. The maximum Gasteiger partial charge on any atom is 0.322 e. The predicted octanol–water partition coefficient (Wildman–Crippen LogP) is 3.33. The van der Waals surface area contributed by atoms with E-state index in [0.29, 0.717) is 12.2 Å². The second kappa shape index (κ2) is 5.16. The highest BCUT2D eigenvalue weighted by Gasteiger charge is 2.52. The molecule has 1 aromatic carbocycles. The summed E-state index contributed by atoms with van der Waals surface area (Å²) in [6.45, 7) is 1.59. The number of carbonyl (C=O) groups is 1. The third-order valence-corrected chi connectivity index (χ3v) is 5.37. The van der Waals surface area contributed by atoms with Gasteiger partial charge in [-0.05, 0) is 41.5 Å². The number of fused-ring (bicyclic) bond motifs is 1. The van der Waals surface area contributed by atoms with Crippen molar-refractivity contribution in [3.63, 3.8) is 0 Å². The zero-order valence-electron chi connectivity index (χ0n) is 13.0. The number of amides is 2. The summed E-state index contributed by atoms with van der Waals surface area (Å²) >= 11 is 0. The van der Waals surface area contributed by atoms with Crippen LogP contribution < -0.4 is 10.6 Å². The SMILES string of the molecule is O=C(Nc1ccc2c(c1)CNC2)N1CC(F)(F)CC2(CCC2)C1. The Hall–Kier alpha value is -1.69. The summed E-state index contributed by atoms with van der Waals surface area (Å²) in [7, 11) is 0. The minimum atomic E-state index is -2.78. The van der Waals surface area contributed by atoms with Crippen LogP contribution in [0.2, 0.25) is 0 Å². The number of nitrogens with one attached hydrogen (secondary N) is 2. The van der Waals surface area contributed by atoms with Crippen LogP contribution in [0.1, 0.15) is 36.8 Å². The molecule has 1 aromatic rings. The number of benzene rings is 1. The number of hydrogen-bond acceptors (Lipinski definition) is 2. The second-order valence-corrected chi connectivity index (χ2v) is 7.26. The van der Waals surface area contributed by atoms with Gasteiger partial charge in [0, 0.05) is 31.7 Å². The van der Waals surface area contributed by atoms with E-state index in [4.69, 9.17) is 0 Å². The Balaban J connectivity index is 1.48. The number of piperidine rings is 1. The molecule has 124 valence electrons. The monoisotopic (exact) mass is 321 g/mol. The fraction of sp³-hybridized carbons (Fsp3) is 0.588. The van der Waals surface area contributed by atoms with E-state index in [1.807, 2.05) is 18.2 Å². The molecule has 2 heterocycles. The van der Waals surface area contributed by atoms with Crippen molar-refractivity contribution in [2.24, 2.45) is 5.41 Å². The maximum atomic E-state index is 14.0. The molecule has 0 bridgehead atoms. The summed E-state index contributed by atoms with van der Waals surface area (Å²) in [5, 5.41) is 6.04. The lowest BCUT2D eigenvalue weighted by Gasteiger charge is -2.51. The fourth-order valence-corrected chi connectivity index (χ4v) is 4.13. The van der Waals surface area contributed by atoms with Gasteiger partial charge in [-0.25, -0.2) is 13.6 Å². The average molecular weight is 321 g/mol. The van der Waals surface area contributed by atoms with Crippen LogP contribution in [0.15, 0.2) is 18.2 Å². The van der Waals surface area contributed by atoms with Crippen LogP contribution in [-0.4, -0.2) is 29.9 Å². The van der Waals surface area contributed by atoms with Gasteiger partial charge in [0.2, 0.25) is 0 Å². The molecule has 0 unspecified atom stereocenters. The summed E-state index contributed by atoms with van der Waals surface area (Å²) < 4.78 is 28.0. The first-order chi connectivity index (χ1) is 10.9. The summed E-state index contributed by atoms with van der Waals surface area (Å²) in [5.74, 6) is -2.78. The van der Waals surface area contributed by atoms with Gasteiger partial charge in [-0.15, -0.1) is 0 Å². The standard InChI is InChI=1S/C17H21F2N3O/c18-17(19)9-16(4-1-5-16)10-22(11-17)15(23)21-14-3-2-12-7-20-8-13(12)6-14/h2-3,6,20H,1,4-5,7-11H2,(H,21,23). The Morgan fingerprint density at radius 2 is 1.96 bits per heavy atom. The summed E-state index contributed by atoms with van der Waals surface area (Å²) in [4.78, 5) is 13.7. The Morgan fingerprint density at radius 3 is 2.70 bits per heavy atom. The van der Waals surface area contributed by atoms with Crippen molar-refractivity contribution < 1.29 is 13.6 Å². The van der Waals surface area contributed by atoms with Crippen molar-refractivity contribution in [3.05, 3.63) is 29.3 Å². The number of hydrogen-bond donors (Lipinski definition) is 2. The van der Waals surface area contributed by atoms with Crippen LogP contribution in [0.5, 0.6) is 0 Å². The Labute approximate surface area is 134 Å². The fourth-order valence-electron chi connectivity index (χ4n) is 4.13. The van der Waals surface area contributed by atoms with Gasteiger partial charge in [-0.1, -0.05) is 12.5 Å². The Morgan fingerprint density at radius 1 is 1.17 bits per heavy atom. The van der Waals surface area contributed by atoms with Crippen LogP contribution >= 0.6 is 0 Å². The third kappa shape index (κ3) is 2.80. The van der Waals surface area contributed by atoms with E-state index in [0.717, 1.165) is 37.9 Å². The maximum absolute atomic E-state index is 14.0. The molecule has 2 fully saturated rings. The quantitative estimate of drug-likeness (QED) is 0.833. The molecule has 0 radical (unpaired) electrons. The number of likely N-dealkylation sites (tertiary alicyclic amines) is 1. The largest absolute Gasteiger partial charge is 0.322 e. The van der Waals surface area contributed by atoms with Crippen molar-refractivity contribution in [2.45, 2.75) is 44.7 Å². The molecule has 3 aliphatic rings. The molecule has 0 aromatic heterocycles. The summed E-state index contributed by atoms with van der Waals surface area (Å²) in [5.41, 5.74) is 2.69. The Bertz CT molecular complexity index is 643. The zero-order chi connectivity index (χ0) is 16.1. The molecule has 1 saturated heterocycles. The zero-order valence-corrected chi connectivity index (χ0v) is 13.0. The van der Waals surface area contributed by atoms with Crippen LogP contribution in [-0.2, 0) is 13.1 Å². The summed E-state index contributed by atoms with van der Waals surface area (Å²) in [6.07, 6.45) is 2.52. The van der Waals surface area contributed by atoms with E-state index in [-0.39, 0.29) is 11.8 Å². The normalized spacial score (nSPS) is 24.2. The highest BCUT2D eigenvalue weighted by Crippen LogP contribution is 2.51. The molecule has 2 N–H and O–H groups in total. The van der Waals surface area contributed by atoms with E-state index in [1.54, 1.807) is 0 Å². The van der Waals surface area contributed by atoms with Gasteiger partial charge < -0.3 is 15.5 Å². The van der Waals surface area contributed by atoms with Crippen molar-refractivity contribution in [3.8, 4) is 0 Å². The first kappa shape index (κ1) is 14.9. The molecular weight excluding hydrogens is 300 g/mol. The molecule has 2 aliphatic heterocycles. The van der Waals surface area contributed by atoms with E-state index in [2.05, 4.69) is 10.6 Å². The van der Waals surface area contributed by atoms with Gasteiger partial charge in [-0.2, -0.15) is 0 Å². The molecule has 1 saturated carbocycles. The highest BCUT2D eigenvalue weighted by atomic mass is 19.3. The van der Waals surface area contributed by atoms with Crippen molar-refractivity contribution in [2.75, 3.05) is 18.4 Å². The van der Waals surface area contributed by atoms with Crippen LogP contribution in [0, 0.1) is 5.41 Å². The predicted molar refractivity (Wildman–Crippen MR) is 83.4 cm³/mol. The molecule has 4 rings (SSSR count). The van der Waals surface area contributed by atoms with Gasteiger partial charge in [-0.3, -0.25) is 0 Å². The lowest BCUT2D eigenvalue weighted by molar-refractivity contribution is -0.125. The number of rotatable bonds is 1. The first-order valence-electron chi connectivity index (χ1n) is 8.21. The molecule has 0 atom stereocenters. The smallest absolute Gasteiger partial charge is 0.318 e. The number of urea groups is 1. The summed E-state index contributed by atoms with van der Waals surface area (Å²) in [6, 6.07) is 5.32. The van der Waals surface area contributed by atoms with Gasteiger partial charge in [0.1, 0.15) is 0 Å². The number of alkyl halides is 2. The number of anilines is 1. The van der Waals surface area contributed by atoms with E-state index in [9.17, 15) is 13.6 Å². The van der Waals surface area contributed by atoms with Crippen LogP contribution in [0.3, 0.4) is 0 Å². The van der Waals surface area contributed by atoms with Gasteiger partial charge in [0.15, 0.2) is 0 Å². The number of halogens is 2. The highest BCUT2D eigenvalue weighted by molar-refractivity contribution is 5.89. The van der Waals surface area contributed by atoms with Gasteiger partial charge in [0.25, 0.3) is 5.92 Å². The lowest BCUT2D eigenvalue weighted by atomic mass is 9.63. The first-order valence-corrected chi connectivity index (χ1v) is 8.21. The third-order valence-electron chi connectivity index (χ3n) is 5.37. The van der Waals surface area contributed by atoms with E-state index < -0.39 is 18.5 Å². The van der Waals surface area contributed by atoms with Crippen LogP contribution in [0.4, 0.5) is 19.3 Å². The van der Waals surface area contributed by atoms with Crippen LogP contribution in [0.25, 0.3) is 0 Å². The number of carbonyl (C=O) groups excluding carboxylic acids is 1.